The molecule has 7 nitrogen and oxygen atoms in total. The van der Waals surface area contributed by atoms with E-state index in [0.717, 1.165) is 25.3 Å². The molecular formula is C14H16ClN3O4. The maximum atomic E-state index is 12.0. The zero-order valence-electron chi connectivity index (χ0n) is 11.9. The van der Waals surface area contributed by atoms with E-state index in [1.807, 2.05) is 0 Å². The van der Waals surface area contributed by atoms with Crippen molar-refractivity contribution < 1.29 is 14.5 Å². The molecule has 0 saturated carbocycles. The van der Waals surface area contributed by atoms with Gasteiger partial charge in [-0.3, -0.25) is 19.7 Å². The number of halogens is 1. The second-order valence-electron chi connectivity index (χ2n) is 5.04. The van der Waals surface area contributed by atoms with Gasteiger partial charge < -0.3 is 10.2 Å². The fraction of sp³-hybridized carbons (Fsp3) is 0.429. The molecule has 0 bridgehead atoms. The Kier molecular flexibility index (Phi) is 5.32. The summed E-state index contributed by atoms with van der Waals surface area (Å²) in [6.45, 7) is 1.21. The van der Waals surface area contributed by atoms with Gasteiger partial charge in [-0.15, -0.1) is 0 Å². The second-order valence-corrected chi connectivity index (χ2v) is 5.48. The van der Waals surface area contributed by atoms with Crippen molar-refractivity contribution in [2.45, 2.75) is 19.3 Å². The van der Waals surface area contributed by atoms with E-state index >= 15 is 0 Å². The van der Waals surface area contributed by atoms with Crippen molar-refractivity contribution in [3.8, 4) is 0 Å². The lowest BCUT2D eigenvalue weighted by atomic mass is 10.1. The van der Waals surface area contributed by atoms with E-state index in [1.165, 1.54) is 12.1 Å². The molecule has 1 aliphatic heterocycles. The Morgan fingerprint density at radius 2 is 1.95 bits per heavy atom. The van der Waals surface area contributed by atoms with Gasteiger partial charge in [-0.25, -0.2) is 0 Å². The zero-order valence-corrected chi connectivity index (χ0v) is 12.6. The summed E-state index contributed by atoms with van der Waals surface area (Å²) < 4.78 is 0. The van der Waals surface area contributed by atoms with Crippen LogP contribution in [0.2, 0.25) is 5.02 Å². The largest absolute Gasteiger partial charge is 0.343 e. The average molecular weight is 326 g/mol. The average Bonchev–Trinajstić information content (AvgIpc) is 2.53. The maximum absolute atomic E-state index is 12.0. The number of nitro groups is 1. The highest BCUT2D eigenvalue weighted by Crippen LogP contribution is 2.23. The van der Waals surface area contributed by atoms with Crippen molar-refractivity contribution in [3.63, 3.8) is 0 Å². The smallest absolute Gasteiger partial charge is 0.283 e. The summed E-state index contributed by atoms with van der Waals surface area (Å²) in [5, 5.41) is 13.6. The molecule has 2 amide bonds. The molecule has 1 saturated heterocycles. The van der Waals surface area contributed by atoms with Gasteiger partial charge in [-0.05, 0) is 31.4 Å². The number of piperidine rings is 1. The number of amides is 2. The Morgan fingerprint density at radius 1 is 1.27 bits per heavy atom. The van der Waals surface area contributed by atoms with Crippen molar-refractivity contribution in [1.82, 2.24) is 10.2 Å². The molecule has 1 aliphatic rings. The molecule has 0 unspecified atom stereocenters. The number of hydrogen-bond donors (Lipinski definition) is 1. The second kappa shape index (κ2) is 7.22. The van der Waals surface area contributed by atoms with Crippen LogP contribution in [-0.2, 0) is 4.79 Å². The first-order valence-corrected chi connectivity index (χ1v) is 7.37. The summed E-state index contributed by atoms with van der Waals surface area (Å²) >= 11 is 5.70. The third-order valence-corrected chi connectivity index (χ3v) is 3.75. The monoisotopic (exact) mass is 325 g/mol. The molecule has 2 rings (SSSR count). The van der Waals surface area contributed by atoms with Gasteiger partial charge in [-0.1, -0.05) is 11.6 Å². The van der Waals surface area contributed by atoms with E-state index in [4.69, 9.17) is 11.6 Å². The van der Waals surface area contributed by atoms with Gasteiger partial charge in [0.15, 0.2) is 0 Å². The summed E-state index contributed by atoms with van der Waals surface area (Å²) in [7, 11) is 0. The van der Waals surface area contributed by atoms with Crippen LogP contribution in [0.4, 0.5) is 5.69 Å². The van der Waals surface area contributed by atoms with Gasteiger partial charge in [-0.2, -0.15) is 0 Å². The highest BCUT2D eigenvalue weighted by molar-refractivity contribution is 6.31. The Balaban J connectivity index is 2.00. The minimum Gasteiger partial charge on any atom is -0.343 e. The molecule has 1 aromatic rings. The van der Waals surface area contributed by atoms with Crippen molar-refractivity contribution in [1.29, 1.82) is 0 Å². The SMILES string of the molecule is O=C(NCC(=O)N1CCCCC1)c1ccc(Cl)cc1[N+](=O)[O-]. The molecular weight excluding hydrogens is 310 g/mol. The number of rotatable bonds is 4. The van der Waals surface area contributed by atoms with Crippen molar-refractivity contribution >= 4 is 29.1 Å². The van der Waals surface area contributed by atoms with Crippen LogP contribution in [0.3, 0.4) is 0 Å². The van der Waals surface area contributed by atoms with Crippen LogP contribution >= 0.6 is 11.6 Å². The van der Waals surface area contributed by atoms with Gasteiger partial charge in [0.2, 0.25) is 5.91 Å². The number of hydrogen-bond acceptors (Lipinski definition) is 4. The fourth-order valence-electron chi connectivity index (χ4n) is 2.35. The Morgan fingerprint density at radius 3 is 2.59 bits per heavy atom. The third-order valence-electron chi connectivity index (χ3n) is 3.51. The molecule has 0 radical (unpaired) electrons. The lowest BCUT2D eigenvalue weighted by Gasteiger charge is -2.26. The number of carbonyl (C=O) groups excluding carboxylic acids is 2. The molecule has 0 atom stereocenters. The lowest BCUT2D eigenvalue weighted by Crippen LogP contribution is -2.42. The van der Waals surface area contributed by atoms with E-state index in [-0.39, 0.29) is 28.7 Å². The number of carbonyl (C=O) groups is 2. The maximum Gasteiger partial charge on any atom is 0.283 e. The Bertz CT molecular complexity index is 600. The molecule has 1 fully saturated rings. The molecule has 0 aliphatic carbocycles. The van der Waals surface area contributed by atoms with Crippen molar-refractivity contribution in [3.05, 3.63) is 38.9 Å². The van der Waals surface area contributed by atoms with E-state index in [0.29, 0.717) is 13.1 Å². The normalized spacial score (nSPS) is 14.5. The summed E-state index contributed by atoms with van der Waals surface area (Å²) in [6.07, 6.45) is 3.03. The van der Waals surface area contributed by atoms with Crippen LogP contribution in [0.5, 0.6) is 0 Å². The summed E-state index contributed by atoms with van der Waals surface area (Å²) in [6, 6.07) is 3.79. The van der Waals surface area contributed by atoms with Crippen molar-refractivity contribution in [2.75, 3.05) is 19.6 Å². The fourth-order valence-corrected chi connectivity index (χ4v) is 2.52. The van der Waals surface area contributed by atoms with E-state index in [2.05, 4.69) is 5.32 Å². The van der Waals surface area contributed by atoms with Crippen LogP contribution < -0.4 is 5.32 Å². The van der Waals surface area contributed by atoms with Gasteiger partial charge in [0.1, 0.15) is 5.56 Å². The highest BCUT2D eigenvalue weighted by Gasteiger charge is 2.22. The first-order valence-electron chi connectivity index (χ1n) is 6.99. The van der Waals surface area contributed by atoms with Crippen LogP contribution in [-0.4, -0.2) is 41.3 Å². The van der Waals surface area contributed by atoms with Crippen LogP contribution in [0.15, 0.2) is 18.2 Å². The molecule has 1 heterocycles. The quantitative estimate of drug-likeness (QED) is 0.676. The standard InChI is InChI=1S/C14H16ClN3O4/c15-10-4-5-11(12(8-10)18(21)22)14(20)16-9-13(19)17-6-2-1-3-7-17/h4-5,8H,1-3,6-7,9H2,(H,16,20). The first kappa shape index (κ1) is 16.2. The summed E-state index contributed by atoms with van der Waals surface area (Å²) in [5.41, 5.74) is -0.490. The Labute approximate surface area is 132 Å². The van der Waals surface area contributed by atoms with Crippen LogP contribution in [0.25, 0.3) is 0 Å². The topological polar surface area (TPSA) is 92.6 Å². The van der Waals surface area contributed by atoms with Crippen LogP contribution in [0, 0.1) is 10.1 Å². The minimum atomic E-state index is -0.673. The molecule has 1 aromatic carbocycles. The minimum absolute atomic E-state index is 0.110. The number of nitro benzene ring substituents is 1. The summed E-state index contributed by atoms with van der Waals surface area (Å²) in [4.78, 5) is 36.0. The number of nitrogens with one attached hydrogen (secondary N) is 1. The molecule has 0 aromatic heterocycles. The number of likely N-dealkylation sites (tertiary alicyclic amines) is 1. The molecule has 1 N–H and O–H groups in total. The zero-order chi connectivity index (χ0) is 16.1. The molecule has 22 heavy (non-hydrogen) atoms. The summed E-state index contributed by atoms with van der Waals surface area (Å²) in [5.74, 6) is -0.835. The predicted molar refractivity (Wildman–Crippen MR) is 80.9 cm³/mol. The van der Waals surface area contributed by atoms with Gasteiger partial charge in [0.25, 0.3) is 11.6 Å². The first-order chi connectivity index (χ1) is 10.5. The third kappa shape index (κ3) is 3.94. The van der Waals surface area contributed by atoms with Crippen LogP contribution in [0.1, 0.15) is 29.6 Å². The van der Waals surface area contributed by atoms with Gasteiger partial charge >= 0.3 is 0 Å². The van der Waals surface area contributed by atoms with Crippen molar-refractivity contribution in [2.24, 2.45) is 0 Å². The predicted octanol–water partition coefficient (Wildman–Crippen LogP) is 1.99. The van der Waals surface area contributed by atoms with Gasteiger partial charge in [0, 0.05) is 24.2 Å². The molecule has 118 valence electrons. The highest BCUT2D eigenvalue weighted by atomic mass is 35.5. The lowest BCUT2D eigenvalue weighted by molar-refractivity contribution is -0.385. The number of benzene rings is 1. The van der Waals surface area contributed by atoms with E-state index in [9.17, 15) is 19.7 Å². The number of nitrogens with zero attached hydrogens (tertiary/aromatic N) is 2. The van der Waals surface area contributed by atoms with E-state index < -0.39 is 10.8 Å². The van der Waals surface area contributed by atoms with E-state index in [1.54, 1.807) is 4.90 Å². The Hall–Kier alpha value is -2.15. The molecule has 0 spiro atoms. The molecule has 8 heteroatoms. The van der Waals surface area contributed by atoms with Gasteiger partial charge in [0.05, 0.1) is 11.5 Å².